The van der Waals surface area contributed by atoms with Crippen molar-refractivity contribution in [2.45, 2.75) is 18.8 Å². The van der Waals surface area contributed by atoms with Crippen LogP contribution in [0.3, 0.4) is 0 Å². The van der Waals surface area contributed by atoms with Gasteiger partial charge in [0.25, 0.3) is 5.91 Å². The second kappa shape index (κ2) is 5.61. The van der Waals surface area contributed by atoms with Gasteiger partial charge < -0.3 is 0 Å². The van der Waals surface area contributed by atoms with Crippen LogP contribution in [0.25, 0.3) is 6.08 Å². The Kier molecular flexibility index (Phi) is 3.60. The average molecular weight is 344 g/mol. The summed E-state index contributed by atoms with van der Waals surface area (Å²) >= 11 is 8.38. The van der Waals surface area contributed by atoms with Crippen molar-refractivity contribution in [1.82, 2.24) is 4.98 Å². The quantitative estimate of drug-likeness (QED) is 0.609. The zero-order valence-corrected chi connectivity index (χ0v) is 14.0. The number of thioether (sulfide) groups is 1. The number of thiazole rings is 1. The Hall–Kier alpha value is -1.50. The maximum atomic E-state index is 12.6. The maximum absolute atomic E-state index is 12.6. The Morgan fingerprint density at radius 2 is 2.05 bits per heavy atom. The SMILES string of the molecule is O=C1/C(=C\c2csc(C3CC3)n2)SC(=S)N1c1ccccc1. The predicted molar refractivity (Wildman–Crippen MR) is 96.2 cm³/mol. The van der Waals surface area contributed by atoms with Crippen molar-refractivity contribution in [2.75, 3.05) is 4.90 Å². The molecule has 3 nitrogen and oxygen atoms in total. The highest BCUT2D eigenvalue weighted by Gasteiger charge is 2.33. The summed E-state index contributed by atoms with van der Waals surface area (Å²) in [5.74, 6) is 0.577. The molecule has 1 aromatic carbocycles. The molecule has 0 atom stereocenters. The van der Waals surface area contributed by atoms with Crippen LogP contribution in [0.5, 0.6) is 0 Å². The lowest BCUT2D eigenvalue weighted by Crippen LogP contribution is -2.27. The molecule has 0 spiro atoms. The number of aromatic nitrogens is 1. The largest absolute Gasteiger partial charge is 0.270 e. The molecule has 110 valence electrons. The average Bonchev–Trinajstić information content (AvgIpc) is 3.21. The maximum Gasteiger partial charge on any atom is 0.270 e. The summed E-state index contributed by atoms with van der Waals surface area (Å²) in [6, 6.07) is 9.51. The lowest BCUT2D eigenvalue weighted by atomic mass is 10.3. The molecule has 1 saturated carbocycles. The normalized spacial score (nSPS) is 20.2. The van der Waals surface area contributed by atoms with Crippen LogP contribution < -0.4 is 4.90 Å². The summed E-state index contributed by atoms with van der Waals surface area (Å²) in [5.41, 5.74) is 1.67. The first kappa shape index (κ1) is 14.1. The van der Waals surface area contributed by atoms with Crippen LogP contribution in [0.2, 0.25) is 0 Å². The number of benzene rings is 1. The number of hydrogen-bond acceptors (Lipinski definition) is 5. The van der Waals surface area contributed by atoms with Crippen molar-refractivity contribution >= 4 is 57.3 Å². The summed E-state index contributed by atoms with van der Waals surface area (Å²) in [6.45, 7) is 0. The van der Waals surface area contributed by atoms with Gasteiger partial charge in [0, 0.05) is 11.3 Å². The molecule has 2 aromatic rings. The minimum absolute atomic E-state index is 0.0674. The summed E-state index contributed by atoms with van der Waals surface area (Å²) in [4.78, 5) is 19.4. The highest BCUT2D eigenvalue weighted by Crippen LogP contribution is 2.42. The molecule has 4 rings (SSSR count). The van der Waals surface area contributed by atoms with Gasteiger partial charge in [-0.1, -0.05) is 42.2 Å². The molecule has 6 heteroatoms. The van der Waals surface area contributed by atoms with Gasteiger partial charge in [0.05, 0.1) is 21.3 Å². The van der Waals surface area contributed by atoms with E-state index in [2.05, 4.69) is 4.98 Å². The van der Waals surface area contributed by atoms with Gasteiger partial charge in [0.1, 0.15) is 0 Å². The molecular weight excluding hydrogens is 332 g/mol. The fraction of sp³-hybridized carbons (Fsp3) is 0.188. The Labute approximate surface area is 142 Å². The molecule has 2 aliphatic rings. The molecule has 2 heterocycles. The minimum Gasteiger partial charge on any atom is -0.268 e. The molecule has 0 unspecified atom stereocenters. The van der Waals surface area contributed by atoms with Crippen LogP contribution in [0.4, 0.5) is 5.69 Å². The van der Waals surface area contributed by atoms with Gasteiger partial charge in [-0.15, -0.1) is 11.3 Å². The molecule has 1 amide bonds. The van der Waals surface area contributed by atoms with Crippen molar-refractivity contribution in [2.24, 2.45) is 0 Å². The summed E-state index contributed by atoms with van der Waals surface area (Å²) in [5, 5.41) is 3.20. The van der Waals surface area contributed by atoms with Crippen molar-refractivity contribution in [1.29, 1.82) is 0 Å². The number of hydrogen-bond donors (Lipinski definition) is 0. The highest BCUT2D eigenvalue weighted by molar-refractivity contribution is 8.27. The van der Waals surface area contributed by atoms with E-state index in [0.717, 1.165) is 11.4 Å². The molecule has 2 fully saturated rings. The van der Waals surface area contributed by atoms with Gasteiger partial charge in [-0.2, -0.15) is 0 Å². The number of rotatable bonds is 3. The lowest BCUT2D eigenvalue weighted by Gasteiger charge is -2.13. The van der Waals surface area contributed by atoms with Crippen molar-refractivity contribution in [3.05, 3.63) is 51.3 Å². The third-order valence-electron chi connectivity index (χ3n) is 3.55. The van der Waals surface area contributed by atoms with Gasteiger partial charge in [0.15, 0.2) is 4.32 Å². The first-order chi connectivity index (χ1) is 10.7. The zero-order chi connectivity index (χ0) is 15.1. The second-order valence-electron chi connectivity index (χ2n) is 5.24. The van der Waals surface area contributed by atoms with Crippen LogP contribution >= 0.6 is 35.3 Å². The molecule has 1 aliphatic carbocycles. The van der Waals surface area contributed by atoms with E-state index in [1.807, 2.05) is 41.8 Å². The standard InChI is InChI=1S/C16H12N2OS3/c19-15-13(8-11-9-21-14(17-11)10-6-7-10)22-16(20)18(15)12-4-2-1-3-5-12/h1-5,8-10H,6-7H2/b13-8+. The smallest absolute Gasteiger partial charge is 0.268 e. The molecule has 0 N–H and O–H groups in total. The fourth-order valence-corrected chi connectivity index (χ4v) is 4.52. The van der Waals surface area contributed by atoms with Gasteiger partial charge >= 0.3 is 0 Å². The number of anilines is 1. The molecular formula is C16H12N2OS3. The molecule has 1 saturated heterocycles. The number of thiocarbonyl (C=S) groups is 1. The molecule has 1 aliphatic heterocycles. The van der Waals surface area contributed by atoms with Crippen LogP contribution in [0.1, 0.15) is 29.5 Å². The third kappa shape index (κ3) is 2.62. The molecule has 0 radical (unpaired) electrons. The number of nitrogens with zero attached hydrogens (tertiary/aromatic N) is 2. The van der Waals surface area contributed by atoms with E-state index in [1.165, 1.54) is 29.6 Å². The minimum atomic E-state index is -0.0674. The summed E-state index contributed by atoms with van der Waals surface area (Å²) in [7, 11) is 0. The first-order valence-corrected chi connectivity index (χ1v) is 9.11. The lowest BCUT2D eigenvalue weighted by molar-refractivity contribution is -0.113. The number of carbonyl (C=O) groups is 1. The monoisotopic (exact) mass is 344 g/mol. The molecule has 22 heavy (non-hydrogen) atoms. The second-order valence-corrected chi connectivity index (χ2v) is 7.80. The van der Waals surface area contributed by atoms with Crippen LogP contribution in [-0.4, -0.2) is 15.2 Å². The highest BCUT2D eigenvalue weighted by atomic mass is 32.2. The summed E-state index contributed by atoms with van der Waals surface area (Å²) < 4.78 is 0.570. The van der Waals surface area contributed by atoms with Crippen LogP contribution in [-0.2, 0) is 4.79 Å². The number of amides is 1. The van der Waals surface area contributed by atoms with Crippen molar-refractivity contribution in [3.8, 4) is 0 Å². The van der Waals surface area contributed by atoms with E-state index >= 15 is 0 Å². The van der Waals surface area contributed by atoms with Gasteiger partial charge in [0.2, 0.25) is 0 Å². The Morgan fingerprint density at radius 1 is 1.27 bits per heavy atom. The van der Waals surface area contributed by atoms with Crippen LogP contribution in [0.15, 0.2) is 40.6 Å². The zero-order valence-electron chi connectivity index (χ0n) is 11.6. The van der Waals surface area contributed by atoms with Gasteiger partial charge in [-0.05, 0) is 31.1 Å². The fourth-order valence-electron chi connectivity index (χ4n) is 2.29. The van der Waals surface area contributed by atoms with Gasteiger partial charge in [-0.3, -0.25) is 9.69 Å². The first-order valence-electron chi connectivity index (χ1n) is 7.01. The van der Waals surface area contributed by atoms with E-state index < -0.39 is 0 Å². The predicted octanol–water partition coefficient (Wildman–Crippen LogP) is 4.43. The Morgan fingerprint density at radius 3 is 2.77 bits per heavy atom. The Bertz CT molecular complexity index is 778. The van der Waals surface area contributed by atoms with Crippen LogP contribution in [0, 0.1) is 0 Å². The van der Waals surface area contributed by atoms with E-state index in [-0.39, 0.29) is 5.91 Å². The van der Waals surface area contributed by atoms with Crippen molar-refractivity contribution in [3.63, 3.8) is 0 Å². The van der Waals surface area contributed by atoms with E-state index in [1.54, 1.807) is 16.2 Å². The number of carbonyl (C=O) groups excluding carboxylic acids is 1. The van der Waals surface area contributed by atoms with E-state index in [4.69, 9.17) is 12.2 Å². The molecule has 1 aromatic heterocycles. The summed E-state index contributed by atoms with van der Waals surface area (Å²) in [6.07, 6.45) is 4.33. The Balaban J connectivity index is 1.61. The van der Waals surface area contributed by atoms with E-state index in [9.17, 15) is 4.79 Å². The van der Waals surface area contributed by atoms with E-state index in [0.29, 0.717) is 15.1 Å². The van der Waals surface area contributed by atoms with Gasteiger partial charge in [-0.25, -0.2) is 4.98 Å². The van der Waals surface area contributed by atoms with Crippen molar-refractivity contribution < 1.29 is 4.79 Å². The molecule has 0 bridgehead atoms. The topological polar surface area (TPSA) is 33.2 Å². The third-order valence-corrected chi connectivity index (χ3v) is 5.88. The number of para-hydroxylation sites is 1.